The Hall–Kier alpha value is -1.06. The standard InChI is InChI=1S/C13H21N3/c1-2-6-15-13-4-3-11(8-13)9-16-7-5-12(14)10-16/h2-4,6,12,15H,5,7-10,14H2,1H3/b6-2+. The zero-order valence-corrected chi connectivity index (χ0v) is 9.95. The van der Waals surface area contributed by atoms with Crippen LogP contribution in [0.15, 0.2) is 35.7 Å². The zero-order chi connectivity index (χ0) is 11.4. The summed E-state index contributed by atoms with van der Waals surface area (Å²) >= 11 is 0. The van der Waals surface area contributed by atoms with Gasteiger partial charge in [-0.25, -0.2) is 0 Å². The quantitative estimate of drug-likeness (QED) is 0.750. The highest BCUT2D eigenvalue weighted by molar-refractivity contribution is 5.31. The fourth-order valence-electron chi connectivity index (χ4n) is 2.27. The van der Waals surface area contributed by atoms with Gasteiger partial charge in [0.25, 0.3) is 0 Å². The monoisotopic (exact) mass is 219 g/mol. The highest BCUT2D eigenvalue weighted by Gasteiger charge is 2.20. The average Bonchev–Trinajstić information content (AvgIpc) is 2.86. The predicted molar refractivity (Wildman–Crippen MR) is 67.8 cm³/mol. The van der Waals surface area contributed by atoms with Crippen LogP contribution in [0.5, 0.6) is 0 Å². The van der Waals surface area contributed by atoms with Crippen molar-refractivity contribution in [1.29, 1.82) is 0 Å². The third-order valence-electron chi connectivity index (χ3n) is 3.11. The van der Waals surface area contributed by atoms with Crippen LogP contribution in [0.25, 0.3) is 0 Å². The molecule has 1 saturated heterocycles. The number of hydrogen-bond donors (Lipinski definition) is 2. The van der Waals surface area contributed by atoms with Crippen LogP contribution in [0, 0.1) is 0 Å². The maximum atomic E-state index is 5.90. The molecule has 2 aliphatic rings. The van der Waals surface area contributed by atoms with E-state index in [-0.39, 0.29) is 0 Å². The van der Waals surface area contributed by atoms with Crippen LogP contribution in [0.1, 0.15) is 19.8 Å². The van der Waals surface area contributed by atoms with Crippen LogP contribution >= 0.6 is 0 Å². The van der Waals surface area contributed by atoms with Crippen molar-refractivity contribution < 1.29 is 0 Å². The Morgan fingerprint density at radius 2 is 2.44 bits per heavy atom. The topological polar surface area (TPSA) is 41.3 Å². The molecule has 1 atom stereocenters. The van der Waals surface area contributed by atoms with Gasteiger partial charge in [-0.1, -0.05) is 17.7 Å². The predicted octanol–water partition coefficient (Wildman–Crippen LogP) is 1.36. The van der Waals surface area contributed by atoms with E-state index in [9.17, 15) is 0 Å². The second kappa shape index (κ2) is 5.32. The Morgan fingerprint density at radius 1 is 1.56 bits per heavy atom. The molecule has 0 saturated carbocycles. The van der Waals surface area contributed by atoms with Gasteiger partial charge in [0.1, 0.15) is 0 Å². The lowest BCUT2D eigenvalue weighted by Gasteiger charge is -2.16. The van der Waals surface area contributed by atoms with Crippen LogP contribution in [0.2, 0.25) is 0 Å². The van der Waals surface area contributed by atoms with Gasteiger partial charge in [0, 0.05) is 37.8 Å². The third-order valence-corrected chi connectivity index (χ3v) is 3.11. The van der Waals surface area contributed by atoms with E-state index in [1.165, 1.54) is 11.3 Å². The maximum absolute atomic E-state index is 5.90. The molecule has 1 unspecified atom stereocenters. The van der Waals surface area contributed by atoms with Crippen LogP contribution in [0.4, 0.5) is 0 Å². The van der Waals surface area contributed by atoms with Gasteiger partial charge in [0.15, 0.2) is 0 Å². The normalized spacial score (nSPS) is 26.2. The van der Waals surface area contributed by atoms with E-state index in [1.54, 1.807) is 0 Å². The van der Waals surface area contributed by atoms with E-state index in [4.69, 9.17) is 5.73 Å². The van der Waals surface area contributed by atoms with Gasteiger partial charge in [-0.05, 0) is 25.6 Å². The second-order valence-electron chi connectivity index (χ2n) is 4.62. The molecule has 1 aliphatic carbocycles. The smallest absolute Gasteiger partial charge is 0.0200 e. The van der Waals surface area contributed by atoms with Gasteiger partial charge in [0.2, 0.25) is 0 Å². The molecule has 88 valence electrons. The average molecular weight is 219 g/mol. The van der Waals surface area contributed by atoms with Crippen molar-refractivity contribution in [3.05, 3.63) is 35.7 Å². The van der Waals surface area contributed by atoms with E-state index in [0.717, 1.165) is 32.5 Å². The summed E-state index contributed by atoms with van der Waals surface area (Å²) in [6, 6.07) is 0.385. The summed E-state index contributed by atoms with van der Waals surface area (Å²) in [5.41, 5.74) is 8.67. The van der Waals surface area contributed by atoms with Gasteiger partial charge in [-0.15, -0.1) is 0 Å². The molecule has 1 aliphatic heterocycles. The summed E-state index contributed by atoms with van der Waals surface area (Å²) in [6.07, 6.45) is 10.6. The molecule has 1 fully saturated rings. The van der Waals surface area contributed by atoms with E-state index in [0.29, 0.717) is 6.04 Å². The molecule has 0 aromatic heterocycles. The fraction of sp³-hybridized carbons (Fsp3) is 0.538. The largest absolute Gasteiger partial charge is 0.365 e. The van der Waals surface area contributed by atoms with Crippen LogP contribution in [-0.2, 0) is 0 Å². The fourth-order valence-corrected chi connectivity index (χ4v) is 2.27. The first-order valence-corrected chi connectivity index (χ1v) is 6.02. The maximum Gasteiger partial charge on any atom is 0.0200 e. The molecule has 0 spiro atoms. The minimum atomic E-state index is 0.385. The number of nitrogens with one attached hydrogen (secondary N) is 1. The number of allylic oxidation sites excluding steroid dienone is 4. The Balaban J connectivity index is 1.74. The first kappa shape index (κ1) is 11.4. The molecular formula is C13H21N3. The van der Waals surface area contributed by atoms with E-state index < -0.39 is 0 Å². The summed E-state index contributed by atoms with van der Waals surface area (Å²) in [5.74, 6) is 0. The van der Waals surface area contributed by atoms with Crippen molar-refractivity contribution in [2.24, 2.45) is 5.73 Å². The van der Waals surface area contributed by atoms with Gasteiger partial charge in [0.05, 0.1) is 0 Å². The molecule has 3 heteroatoms. The number of likely N-dealkylation sites (tertiary alicyclic amines) is 1. The molecule has 2 rings (SSSR count). The van der Waals surface area contributed by atoms with E-state index in [1.807, 2.05) is 19.2 Å². The first-order valence-electron chi connectivity index (χ1n) is 6.02. The summed E-state index contributed by atoms with van der Waals surface area (Å²) in [7, 11) is 0. The molecular weight excluding hydrogens is 198 g/mol. The highest BCUT2D eigenvalue weighted by Crippen LogP contribution is 2.19. The molecule has 3 N–H and O–H groups in total. The third kappa shape index (κ3) is 2.97. The highest BCUT2D eigenvalue weighted by atomic mass is 15.2. The van der Waals surface area contributed by atoms with Crippen LogP contribution < -0.4 is 11.1 Å². The van der Waals surface area contributed by atoms with E-state index in [2.05, 4.69) is 22.4 Å². The van der Waals surface area contributed by atoms with E-state index >= 15 is 0 Å². The first-order chi connectivity index (χ1) is 7.78. The minimum absolute atomic E-state index is 0.385. The summed E-state index contributed by atoms with van der Waals surface area (Å²) in [4.78, 5) is 2.45. The molecule has 0 aromatic carbocycles. The van der Waals surface area contributed by atoms with Gasteiger partial charge in [-0.2, -0.15) is 0 Å². The number of hydrogen-bond acceptors (Lipinski definition) is 3. The molecule has 3 nitrogen and oxygen atoms in total. The lowest BCUT2D eigenvalue weighted by Crippen LogP contribution is -2.28. The molecule has 1 heterocycles. The molecule has 0 aromatic rings. The zero-order valence-electron chi connectivity index (χ0n) is 9.95. The molecule has 0 bridgehead atoms. The van der Waals surface area contributed by atoms with Gasteiger partial charge >= 0.3 is 0 Å². The second-order valence-corrected chi connectivity index (χ2v) is 4.62. The number of rotatable bonds is 4. The van der Waals surface area contributed by atoms with Crippen molar-refractivity contribution in [2.45, 2.75) is 25.8 Å². The van der Waals surface area contributed by atoms with Crippen molar-refractivity contribution in [2.75, 3.05) is 19.6 Å². The van der Waals surface area contributed by atoms with Crippen LogP contribution in [-0.4, -0.2) is 30.6 Å². The summed E-state index contributed by atoms with van der Waals surface area (Å²) in [6.45, 7) is 5.29. The SMILES string of the molecule is C/C=C/NC1=CC=C(CN2CCC(N)C2)C1. The minimum Gasteiger partial charge on any atom is -0.365 e. The molecule has 0 amide bonds. The Kier molecular flexibility index (Phi) is 3.80. The number of nitrogens with two attached hydrogens (primary N) is 1. The van der Waals surface area contributed by atoms with Gasteiger partial charge in [-0.3, -0.25) is 4.90 Å². The Morgan fingerprint density at radius 3 is 3.12 bits per heavy atom. The molecule has 0 radical (unpaired) electrons. The summed E-state index contributed by atoms with van der Waals surface area (Å²) in [5, 5.41) is 3.28. The summed E-state index contributed by atoms with van der Waals surface area (Å²) < 4.78 is 0. The van der Waals surface area contributed by atoms with Crippen molar-refractivity contribution in [3.8, 4) is 0 Å². The van der Waals surface area contributed by atoms with Crippen molar-refractivity contribution >= 4 is 0 Å². The molecule has 16 heavy (non-hydrogen) atoms. The Labute approximate surface area is 97.7 Å². The van der Waals surface area contributed by atoms with Crippen molar-refractivity contribution in [1.82, 2.24) is 10.2 Å². The Bertz CT molecular complexity index is 328. The lowest BCUT2D eigenvalue weighted by atomic mass is 10.2. The lowest BCUT2D eigenvalue weighted by molar-refractivity contribution is 0.361. The van der Waals surface area contributed by atoms with Gasteiger partial charge < -0.3 is 11.1 Å². The van der Waals surface area contributed by atoms with Crippen LogP contribution in [0.3, 0.4) is 0 Å². The van der Waals surface area contributed by atoms with Crippen molar-refractivity contribution in [3.63, 3.8) is 0 Å². The number of nitrogens with zero attached hydrogens (tertiary/aromatic N) is 1.